The van der Waals surface area contributed by atoms with E-state index >= 15 is 0 Å². The quantitative estimate of drug-likeness (QED) is 0.415. The molecule has 11 heteroatoms. The van der Waals surface area contributed by atoms with Crippen LogP contribution in [0.3, 0.4) is 0 Å². The predicted molar refractivity (Wildman–Crippen MR) is 115 cm³/mol. The fraction of sp³-hybridized carbons (Fsp3) is 0.368. The maximum Gasteiger partial charge on any atom is 0.329 e. The Labute approximate surface area is 190 Å². The van der Waals surface area contributed by atoms with Gasteiger partial charge in [-0.25, -0.2) is 9.97 Å². The second-order valence-electron chi connectivity index (χ2n) is 6.77. The molecule has 0 radical (unpaired) electrons. The van der Waals surface area contributed by atoms with Gasteiger partial charge in [0.1, 0.15) is 11.7 Å². The van der Waals surface area contributed by atoms with Gasteiger partial charge in [0.05, 0.1) is 12.6 Å². The number of nitrogens with one attached hydrogen (secondary N) is 1. The summed E-state index contributed by atoms with van der Waals surface area (Å²) in [4.78, 5) is 34.5. The highest BCUT2D eigenvalue weighted by molar-refractivity contribution is 14.1. The van der Waals surface area contributed by atoms with E-state index < -0.39 is 16.4 Å². The summed E-state index contributed by atoms with van der Waals surface area (Å²) in [6, 6.07) is 3.00. The summed E-state index contributed by atoms with van der Waals surface area (Å²) in [6.07, 6.45) is 2.96. The van der Waals surface area contributed by atoms with E-state index in [0.717, 1.165) is 28.2 Å². The molecule has 0 spiro atoms. The van der Waals surface area contributed by atoms with Gasteiger partial charge in [-0.3, -0.25) is 9.59 Å². The third kappa shape index (κ3) is 4.97. The molecular formula is C19H18ClF2IN4O3. The zero-order valence-electron chi connectivity index (χ0n) is 16.1. The summed E-state index contributed by atoms with van der Waals surface area (Å²) in [6.45, 7) is 3.01. The summed E-state index contributed by atoms with van der Waals surface area (Å²) >= 11 is 6.54. The molecule has 3 rings (SSSR count). The van der Waals surface area contributed by atoms with Crippen LogP contribution in [0.5, 0.6) is 5.88 Å². The van der Waals surface area contributed by atoms with E-state index in [-0.39, 0.29) is 30.3 Å². The molecule has 1 aliphatic heterocycles. The third-order valence-corrected chi connectivity index (χ3v) is 5.18. The molecule has 2 aromatic rings. The number of rotatable bonds is 7. The van der Waals surface area contributed by atoms with Crippen molar-refractivity contribution in [2.45, 2.75) is 30.4 Å². The minimum Gasteiger partial charge on any atom is -0.470 e. The first-order valence-corrected chi connectivity index (χ1v) is 10.5. The Morgan fingerprint density at radius 3 is 2.83 bits per heavy atom. The number of hydrogen-bond donors (Lipinski definition) is 1. The van der Waals surface area contributed by atoms with Crippen LogP contribution in [0.1, 0.15) is 40.0 Å². The summed E-state index contributed by atoms with van der Waals surface area (Å²) in [5.41, 5.74) is 2.37. The van der Waals surface area contributed by atoms with E-state index in [2.05, 4.69) is 15.3 Å². The Bertz CT molecular complexity index is 987. The highest BCUT2D eigenvalue weighted by Gasteiger charge is 2.34. The lowest BCUT2D eigenvalue weighted by molar-refractivity contribution is -0.113. The number of carbonyl (C=O) groups is 2. The SMILES string of the molecule is Cc1cc(C(C)N2Cc3c(ccnc3NC(=O)CCl)C2=O)cnc1OCC(F)(F)I. The third-order valence-electron chi connectivity index (χ3n) is 4.63. The van der Waals surface area contributed by atoms with Gasteiger partial charge in [-0.15, -0.1) is 11.6 Å². The van der Waals surface area contributed by atoms with Crippen LogP contribution in [0.15, 0.2) is 24.5 Å². The number of fused-ring (bicyclic) bond motifs is 1. The van der Waals surface area contributed by atoms with E-state index in [0.29, 0.717) is 22.5 Å². The van der Waals surface area contributed by atoms with Crippen LogP contribution in [0.25, 0.3) is 0 Å². The Balaban J connectivity index is 1.80. The lowest BCUT2D eigenvalue weighted by atomic mass is 10.1. The minimum absolute atomic E-state index is 0.119. The highest BCUT2D eigenvalue weighted by atomic mass is 127. The van der Waals surface area contributed by atoms with Gasteiger partial charge in [-0.2, -0.15) is 8.78 Å². The number of anilines is 1. The monoisotopic (exact) mass is 550 g/mol. The number of carbonyl (C=O) groups excluding carboxylic acids is 2. The van der Waals surface area contributed by atoms with Crippen molar-refractivity contribution >= 4 is 51.8 Å². The molecule has 0 aromatic carbocycles. The Kier molecular flexibility index (Phi) is 6.75. The predicted octanol–water partition coefficient (Wildman–Crippen LogP) is 4.09. The van der Waals surface area contributed by atoms with Gasteiger partial charge in [0.25, 0.3) is 5.91 Å². The summed E-state index contributed by atoms with van der Waals surface area (Å²) < 4.78 is 28.1. The maximum atomic E-state index is 13.0. The number of aromatic nitrogens is 2. The van der Waals surface area contributed by atoms with Crippen molar-refractivity contribution in [3.05, 3.63) is 46.8 Å². The molecule has 0 saturated carbocycles. The van der Waals surface area contributed by atoms with Crippen molar-refractivity contribution in [3.8, 4) is 5.88 Å². The largest absolute Gasteiger partial charge is 0.470 e. The van der Waals surface area contributed by atoms with E-state index in [1.165, 1.54) is 12.4 Å². The van der Waals surface area contributed by atoms with Crippen LogP contribution in [-0.2, 0) is 11.3 Å². The second kappa shape index (κ2) is 8.96. The average molecular weight is 551 g/mol. The van der Waals surface area contributed by atoms with Crippen LogP contribution < -0.4 is 10.1 Å². The molecule has 3 heterocycles. The highest BCUT2D eigenvalue weighted by Crippen LogP contribution is 2.34. The average Bonchev–Trinajstić information content (AvgIpc) is 3.03. The van der Waals surface area contributed by atoms with Crippen molar-refractivity contribution in [1.29, 1.82) is 0 Å². The van der Waals surface area contributed by atoms with Crippen molar-refractivity contribution in [3.63, 3.8) is 0 Å². The van der Waals surface area contributed by atoms with Gasteiger partial charge in [-0.1, -0.05) is 0 Å². The molecule has 0 saturated heterocycles. The number of ether oxygens (including phenoxy) is 1. The van der Waals surface area contributed by atoms with Crippen LogP contribution in [0.4, 0.5) is 14.6 Å². The lowest BCUT2D eigenvalue weighted by Gasteiger charge is -2.25. The van der Waals surface area contributed by atoms with Crippen molar-refractivity contribution < 1.29 is 23.1 Å². The maximum absolute atomic E-state index is 13.0. The van der Waals surface area contributed by atoms with E-state index in [9.17, 15) is 18.4 Å². The fourth-order valence-corrected chi connectivity index (χ4v) is 3.35. The molecule has 0 bridgehead atoms. The number of hydrogen-bond acceptors (Lipinski definition) is 5. The van der Waals surface area contributed by atoms with Crippen LogP contribution >= 0.6 is 34.2 Å². The first kappa shape index (κ1) is 22.6. The zero-order chi connectivity index (χ0) is 22.1. The molecule has 0 aliphatic carbocycles. The first-order chi connectivity index (χ1) is 14.1. The lowest BCUT2D eigenvalue weighted by Crippen LogP contribution is -2.27. The molecule has 1 unspecified atom stereocenters. The van der Waals surface area contributed by atoms with Gasteiger partial charge in [0, 0.05) is 51.7 Å². The van der Waals surface area contributed by atoms with Crippen LogP contribution in [0, 0.1) is 6.92 Å². The molecular weight excluding hydrogens is 533 g/mol. The van der Waals surface area contributed by atoms with Crippen molar-refractivity contribution in [1.82, 2.24) is 14.9 Å². The Morgan fingerprint density at radius 2 is 2.20 bits per heavy atom. The van der Waals surface area contributed by atoms with Gasteiger partial charge >= 0.3 is 3.93 Å². The molecule has 1 aliphatic rings. The molecule has 0 fully saturated rings. The second-order valence-corrected chi connectivity index (χ2v) is 8.62. The number of nitrogens with zero attached hydrogens (tertiary/aromatic N) is 3. The van der Waals surface area contributed by atoms with Gasteiger partial charge < -0.3 is 15.0 Å². The van der Waals surface area contributed by atoms with Crippen molar-refractivity contribution in [2.75, 3.05) is 17.8 Å². The molecule has 1 atom stereocenters. The van der Waals surface area contributed by atoms with Crippen LogP contribution in [-0.4, -0.2) is 43.1 Å². The minimum atomic E-state index is -2.99. The van der Waals surface area contributed by atoms with E-state index in [4.69, 9.17) is 16.3 Å². The number of halogens is 4. The normalized spacial score (nSPS) is 14.5. The van der Waals surface area contributed by atoms with Gasteiger partial charge in [0.15, 0.2) is 6.61 Å². The topological polar surface area (TPSA) is 84.4 Å². The molecule has 2 amide bonds. The smallest absolute Gasteiger partial charge is 0.329 e. The summed E-state index contributed by atoms with van der Waals surface area (Å²) in [5.74, 6) is -0.414. The fourth-order valence-electron chi connectivity index (χ4n) is 3.13. The van der Waals surface area contributed by atoms with Crippen LogP contribution in [0.2, 0.25) is 0 Å². The molecule has 2 aromatic heterocycles. The molecule has 7 nitrogen and oxygen atoms in total. The number of amides is 2. The van der Waals surface area contributed by atoms with Gasteiger partial charge in [0.2, 0.25) is 11.8 Å². The zero-order valence-corrected chi connectivity index (χ0v) is 19.0. The van der Waals surface area contributed by atoms with Gasteiger partial charge in [-0.05, 0) is 31.5 Å². The molecule has 30 heavy (non-hydrogen) atoms. The first-order valence-electron chi connectivity index (χ1n) is 8.91. The van der Waals surface area contributed by atoms with Crippen molar-refractivity contribution in [2.24, 2.45) is 0 Å². The standard InChI is InChI=1S/C19H18ClF2IN4O3/c1-10-5-12(7-25-17(10)30-9-19(21,22)23)11(2)27-8-14-13(18(27)29)3-4-24-16(14)26-15(28)6-20/h3-5,7,11H,6,8-9H2,1-2H3,(H,24,26,28). The number of pyridine rings is 2. The number of aryl methyl sites for hydroxylation is 1. The summed E-state index contributed by atoms with van der Waals surface area (Å²) in [7, 11) is 0. The number of alkyl halides is 4. The Morgan fingerprint density at radius 1 is 1.47 bits per heavy atom. The Hall–Kier alpha value is -2.08. The van der Waals surface area contributed by atoms with E-state index in [1.54, 1.807) is 24.0 Å². The van der Waals surface area contributed by atoms with E-state index in [1.807, 2.05) is 6.92 Å². The molecule has 1 N–H and O–H groups in total. The summed E-state index contributed by atoms with van der Waals surface area (Å²) in [5, 5.41) is 2.60. The molecule has 160 valence electrons.